The van der Waals surface area contributed by atoms with Gasteiger partial charge in [0.15, 0.2) is 0 Å². The standard InChI is InChI=1S/C22H28N2O2Si/c1-22(2,3)27(20-10-6-4-7-11-20,21-12-8-5-9-13-21)26-17-16-24-15-14-19(18-25)23-24/h4-15,25H,16-18H2,1-3H3. The molecule has 3 rings (SSSR count). The van der Waals surface area contributed by atoms with Crippen molar-refractivity contribution in [1.82, 2.24) is 9.78 Å². The fourth-order valence-corrected chi connectivity index (χ4v) is 8.22. The van der Waals surface area contributed by atoms with Crippen LogP contribution in [0.25, 0.3) is 0 Å². The van der Waals surface area contributed by atoms with Gasteiger partial charge < -0.3 is 9.53 Å². The zero-order chi connectivity index (χ0) is 19.3. The van der Waals surface area contributed by atoms with Crippen molar-refractivity contribution in [2.45, 2.75) is 39.0 Å². The Morgan fingerprint density at radius 3 is 1.93 bits per heavy atom. The lowest BCUT2D eigenvalue weighted by Gasteiger charge is -2.43. The van der Waals surface area contributed by atoms with Gasteiger partial charge in [0.2, 0.25) is 0 Å². The van der Waals surface area contributed by atoms with Crippen molar-refractivity contribution in [3.63, 3.8) is 0 Å². The van der Waals surface area contributed by atoms with E-state index in [1.807, 2.05) is 16.9 Å². The molecule has 142 valence electrons. The van der Waals surface area contributed by atoms with Crippen LogP contribution in [0.2, 0.25) is 5.04 Å². The fourth-order valence-electron chi connectivity index (χ4n) is 3.67. The Morgan fingerprint density at radius 2 is 1.48 bits per heavy atom. The van der Waals surface area contributed by atoms with Crippen LogP contribution in [0.15, 0.2) is 72.9 Å². The Bertz CT molecular complexity index is 802. The number of hydrogen-bond donors (Lipinski definition) is 1. The minimum absolute atomic E-state index is 0.0317. The summed E-state index contributed by atoms with van der Waals surface area (Å²) in [5, 5.41) is 16.1. The summed E-state index contributed by atoms with van der Waals surface area (Å²) in [6, 6.07) is 23.1. The number of nitrogens with zero attached hydrogens (tertiary/aromatic N) is 2. The van der Waals surface area contributed by atoms with Crippen molar-refractivity contribution < 1.29 is 9.53 Å². The zero-order valence-corrected chi connectivity index (χ0v) is 17.3. The third-order valence-electron chi connectivity index (χ3n) is 4.91. The monoisotopic (exact) mass is 380 g/mol. The molecule has 0 spiro atoms. The first-order chi connectivity index (χ1) is 13.0. The summed E-state index contributed by atoms with van der Waals surface area (Å²) in [5.74, 6) is 0. The van der Waals surface area contributed by atoms with E-state index in [4.69, 9.17) is 4.43 Å². The van der Waals surface area contributed by atoms with Crippen LogP contribution in [0, 0.1) is 0 Å². The van der Waals surface area contributed by atoms with Gasteiger partial charge in [-0.25, -0.2) is 0 Å². The molecule has 0 atom stereocenters. The molecule has 27 heavy (non-hydrogen) atoms. The second-order valence-corrected chi connectivity index (χ2v) is 12.0. The van der Waals surface area contributed by atoms with Gasteiger partial charge in [0.25, 0.3) is 8.32 Å². The first kappa shape index (κ1) is 19.5. The van der Waals surface area contributed by atoms with E-state index in [0.717, 1.165) is 0 Å². The number of hydrogen-bond acceptors (Lipinski definition) is 3. The van der Waals surface area contributed by atoms with Crippen LogP contribution in [-0.2, 0) is 17.6 Å². The van der Waals surface area contributed by atoms with E-state index >= 15 is 0 Å². The predicted octanol–water partition coefficient (Wildman–Crippen LogP) is 2.95. The lowest BCUT2D eigenvalue weighted by molar-refractivity contribution is 0.264. The highest BCUT2D eigenvalue weighted by Crippen LogP contribution is 2.36. The van der Waals surface area contributed by atoms with Gasteiger partial charge in [0.1, 0.15) is 0 Å². The number of aliphatic hydroxyl groups excluding tert-OH is 1. The number of benzene rings is 2. The van der Waals surface area contributed by atoms with E-state index in [9.17, 15) is 5.11 Å². The van der Waals surface area contributed by atoms with Crippen LogP contribution in [0.5, 0.6) is 0 Å². The molecule has 1 aromatic heterocycles. The Balaban J connectivity index is 1.96. The van der Waals surface area contributed by atoms with E-state index in [1.165, 1.54) is 10.4 Å². The van der Waals surface area contributed by atoms with E-state index in [0.29, 0.717) is 18.8 Å². The van der Waals surface area contributed by atoms with E-state index in [1.54, 1.807) is 0 Å². The third-order valence-corrected chi connectivity index (χ3v) is 9.96. The second kappa shape index (κ2) is 8.21. The van der Waals surface area contributed by atoms with Crippen LogP contribution >= 0.6 is 0 Å². The minimum Gasteiger partial charge on any atom is -0.406 e. The smallest absolute Gasteiger partial charge is 0.261 e. The van der Waals surface area contributed by atoms with Crippen molar-refractivity contribution in [3.8, 4) is 0 Å². The fraction of sp³-hybridized carbons (Fsp3) is 0.318. The lowest BCUT2D eigenvalue weighted by Crippen LogP contribution is -2.66. The maximum atomic E-state index is 9.21. The van der Waals surface area contributed by atoms with Crippen molar-refractivity contribution in [2.24, 2.45) is 0 Å². The van der Waals surface area contributed by atoms with Gasteiger partial charge in [-0.3, -0.25) is 4.68 Å². The molecular formula is C22H28N2O2Si. The predicted molar refractivity (Wildman–Crippen MR) is 112 cm³/mol. The van der Waals surface area contributed by atoms with E-state index in [2.05, 4.69) is 86.5 Å². The molecule has 0 fully saturated rings. The number of aliphatic hydroxyl groups is 1. The van der Waals surface area contributed by atoms with Gasteiger partial charge in [0.05, 0.1) is 25.5 Å². The molecule has 0 saturated carbocycles. The van der Waals surface area contributed by atoms with Crippen LogP contribution < -0.4 is 10.4 Å². The average Bonchev–Trinajstić information content (AvgIpc) is 3.14. The Kier molecular flexibility index (Phi) is 5.94. The van der Waals surface area contributed by atoms with Gasteiger partial charge in [-0.05, 0) is 21.5 Å². The molecule has 0 bridgehead atoms. The van der Waals surface area contributed by atoms with Crippen molar-refractivity contribution >= 4 is 18.7 Å². The molecule has 4 nitrogen and oxygen atoms in total. The minimum atomic E-state index is -2.50. The summed E-state index contributed by atoms with van der Waals surface area (Å²) in [4.78, 5) is 0. The molecule has 0 aliphatic rings. The van der Waals surface area contributed by atoms with Crippen LogP contribution in [0.1, 0.15) is 26.5 Å². The first-order valence-electron chi connectivity index (χ1n) is 9.35. The molecule has 0 aliphatic carbocycles. The maximum absolute atomic E-state index is 9.21. The molecule has 0 saturated heterocycles. The Morgan fingerprint density at radius 1 is 0.926 bits per heavy atom. The van der Waals surface area contributed by atoms with Crippen LogP contribution in [0.4, 0.5) is 0 Å². The summed E-state index contributed by atoms with van der Waals surface area (Å²) < 4.78 is 8.67. The average molecular weight is 381 g/mol. The molecule has 0 unspecified atom stereocenters. The van der Waals surface area contributed by atoms with Gasteiger partial charge in [-0.2, -0.15) is 5.10 Å². The molecule has 1 heterocycles. The topological polar surface area (TPSA) is 47.3 Å². The lowest BCUT2D eigenvalue weighted by atomic mass is 10.2. The summed E-state index contributed by atoms with van der Waals surface area (Å²) in [5.41, 5.74) is 0.681. The van der Waals surface area contributed by atoms with Crippen molar-refractivity contribution in [3.05, 3.63) is 78.6 Å². The van der Waals surface area contributed by atoms with Gasteiger partial charge in [0, 0.05) is 6.20 Å². The quantitative estimate of drug-likeness (QED) is 0.641. The SMILES string of the molecule is CC(C)(C)[Si](OCCn1ccc(CO)n1)(c1ccccc1)c1ccccc1. The van der Waals surface area contributed by atoms with Crippen molar-refractivity contribution in [1.29, 1.82) is 0 Å². The third kappa shape index (κ3) is 4.05. The molecule has 3 aromatic rings. The van der Waals surface area contributed by atoms with E-state index in [-0.39, 0.29) is 11.6 Å². The van der Waals surface area contributed by atoms with E-state index < -0.39 is 8.32 Å². The normalized spacial score (nSPS) is 12.3. The van der Waals surface area contributed by atoms with Gasteiger partial charge in [-0.15, -0.1) is 0 Å². The molecule has 0 aliphatic heterocycles. The van der Waals surface area contributed by atoms with Crippen LogP contribution in [0.3, 0.4) is 0 Å². The molecular weight excluding hydrogens is 352 g/mol. The number of aromatic nitrogens is 2. The highest BCUT2D eigenvalue weighted by Gasteiger charge is 2.49. The summed E-state index contributed by atoms with van der Waals surface area (Å²) >= 11 is 0. The molecule has 2 aromatic carbocycles. The largest absolute Gasteiger partial charge is 0.406 e. The molecule has 5 heteroatoms. The summed E-state index contributed by atoms with van der Waals surface area (Å²) in [6.45, 7) is 8.01. The van der Waals surface area contributed by atoms with Crippen molar-refractivity contribution in [2.75, 3.05) is 6.61 Å². The first-order valence-corrected chi connectivity index (χ1v) is 11.3. The molecule has 0 radical (unpaired) electrons. The number of rotatable bonds is 7. The van der Waals surface area contributed by atoms with Crippen LogP contribution in [-0.4, -0.2) is 29.8 Å². The maximum Gasteiger partial charge on any atom is 0.261 e. The molecule has 0 amide bonds. The Labute approximate surface area is 162 Å². The molecule has 1 N–H and O–H groups in total. The Hall–Kier alpha value is -2.21. The van der Waals surface area contributed by atoms with Gasteiger partial charge in [-0.1, -0.05) is 81.4 Å². The highest BCUT2D eigenvalue weighted by molar-refractivity contribution is 6.99. The zero-order valence-electron chi connectivity index (χ0n) is 16.3. The summed E-state index contributed by atoms with van der Waals surface area (Å²) in [7, 11) is -2.50. The summed E-state index contributed by atoms with van der Waals surface area (Å²) in [6.07, 6.45) is 1.89. The second-order valence-electron chi connectivity index (χ2n) is 7.74. The van der Waals surface area contributed by atoms with Gasteiger partial charge >= 0.3 is 0 Å². The highest BCUT2D eigenvalue weighted by atomic mass is 28.4.